The summed E-state index contributed by atoms with van der Waals surface area (Å²) in [5.74, 6) is 1.72. The van der Waals surface area contributed by atoms with Gasteiger partial charge in [0.25, 0.3) is 0 Å². The summed E-state index contributed by atoms with van der Waals surface area (Å²) in [5, 5.41) is 14.6. The van der Waals surface area contributed by atoms with Crippen molar-refractivity contribution in [3.8, 4) is 11.4 Å². The van der Waals surface area contributed by atoms with E-state index in [0.29, 0.717) is 0 Å². The Bertz CT molecular complexity index is 1090. The molecule has 142 valence electrons. The summed E-state index contributed by atoms with van der Waals surface area (Å²) in [7, 11) is 0. The standard InChI is InChI=1S/C20H21N7S/c1-14-15(2)28-20(21-14)26-12-10-25(11-13-26)18-9-8-17-22-23-19(27(17)24-18)16-6-4-3-5-7-16/h3-9H,10-13H2,1-2H3. The SMILES string of the molecule is Cc1nc(N2CCN(c3ccc4nnc(-c5ccccc5)n4n3)CC2)sc1C. The third-order valence-electron chi connectivity index (χ3n) is 5.17. The number of aromatic nitrogens is 5. The molecule has 8 heteroatoms. The molecule has 0 unspecified atom stereocenters. The minimum atomic E-state index is 0.759. The highest BCUT2D eigenvalue weighted by Gasteiger charge is 2.21. The number of aryl methyl sites for hydroxylation is 2. The average Bonchev–Trinajstić information content (AvgIpc) is 3.31. The summed E-state index contributed by atoms with van der Waals surface area (Å²) < 4.78 is 1.84. The van der Waals surface area contributed by atoms with Crippen LogP contribution in [-0.2, 0) is 0 Å². The smallest absolute Gasteiger partial charge is 0.185 e. The Morgan fingerprint density at radius 3 is 2.32 bits per heavy atom. The highest BCUT2D eigenvalue weighted by molar-refractivity contribution is 7.15. The van der Waals surface area contributed by atoms with Crippen molar-refractivity contribution < 1.29 is 0 Å². The normalized spacial score (nSPS) is 14.8. The summed E-state index contributed by atoms with van der Waals surface area (Å²) in [6, 6.07) is 14.1. The van der Waals surface area contributed by atoms with Gasteiger partial charge in [-0.3, -0.25) is 0 Å². The van der Waals surface area contributed by atoms with E-state index in [1.807, 2.05) is 47.0 Å². The lowest BCUT2D eigenvalue weighted by Crippen LogP contribution is -2.47. The zero-order valence-electron chi connectivity index (χ0n) is 15.9. The molecule has 4 aromatic rings. The molecule has 3 aromatic heterocycles. The second-order valence-electron chi connectivity index (χ2n) is 6.96. The quantitative estimate of drug-likeness (QED) is 0.534. The number of thiazole rings is 1. The van der Waals surface area contributed by atoms with Gasteiger partial charge >= 0.3 is 0 Å². The van der Waals surface area contributed by atoms with E-state index in [9.17, 15) is 0 Å². The fourth-order valence-corrected chi connectivity index (χ4v) is 4.39. The molecular formula is C20H21N7S. The molecule has 0 spiro atoms. The van der Waals surface area contributed by atoms with E-state index < -0.39 is 0 Å². The maximum absolute atomic E-state index is 4.84. The van der Waals surface area contributed by atoms with Crippen molar-refractivity contribution in [2.75, 3.05) is 36.0 Å². The van der Waals surface area contributed by atoms with Crippen molar-refractivity contribution in [3.63, 3.8) is 0 Å². The molecule has 5 rings (SSSR count). The van der Waals surface area contributed by atoms with Crippen LogP contribution in [0.15, 0.2) is 42.5 Å². The summed E-state index contributed by atoms with van der Waals surface area (Å²) in [5.41, 5.74) is 2.91. The molecular weight excluding hydrogens is 370 g/mol. The van der Waals surface area contributed by atoms with Gasteiger partial charge in [0.1, 0.15) is 5.82 Å². The zero-order valence-corrected chi connectivity index (χ0v) is 16.7. The first-order chi connectivity index (χ1) is 13.7. The number of hydrogen-bond donors (Lipinski definition) is 0. The van der Waals surface area contributed by atoms with Crippen LogP contribution in [0.3, 0.4) is 0 Å². The van der Waals surface area contributed by atoms with E-state index in [0.717, 1.165) is 59.9 Å². The average molecular weight is 392 g/mol. The van der Waals surface area contributed by atoms with Gasteiger partial charge < -0.3 is 9.80 Å². The largest absolute Gasteiger partial charge is 0.352 e. The summed E-state index contributed by atoms with van der Waals surface area (Å²) >= 11 is 1.78. The Hall–Kier alpha value is -3.00. The molecule has 1 saturated heterocycles. The highest BCUT2D eigenvalue weighted by atomic mass is 32.1. The predicted octanol–water partition coefficient (Wildman–Crippen LogP) is 3.19. The molecule has 1 aliphatic rings. The maximum Gasteiger partial charge on any atom is 0.185 e. The number of anilines is 2. The molecule has 4 heterocycles. The van der Waals surface area contributed by atoms with Gasteiger partial charge in [-0.05, 0) is 26.0 Å². The zero-order chi connectivity index (χ0) is 19.1. The fourth-order valence-electron chi connectivity index (χ4n) is 3.43. The number of piperazine rings is 1. The Labute approximate surface area is 167 Å². The molecule has 7 nitrogen and oxygen atoms in total. The molecule has 0 bridgehead atoms. The van der Waals surface area contributed by atoms with Gasteiger partial charge in [0.2, 0.25) is 0 Å². The van der Waals surface area contributed by atoms with Crippen LogP contribution in [0.1, 0.15) is 10.6 Å². The van der Waals surface area contributed by atoms with E-state index in [-0.39, 0.29) is 0 Å². The first-order valence-corrected chi connectivity index (χ1v) is 10.2. The van der Waals surface area contributed by atoms with Crippen LogP contribution >= 0.6 is 11.3 Å². The van der Waals surface area contributed by atoms with Crippen LogP contribution < -0.4 is 9.80 Å². The third kappa shape index (κ3) is 2.99. The van der Waals surface area contributed by atoms with Crippen molar-refractivity contribution in [2.45, 2.75) is 13.8 Å². The monoisotopic (exact) mass is 391 g/mol. The Kier molecular flexibility index (Phi) is 4.20. The topological polar surface area (TPSA) is 62.5 Å². The van der Waals surface area contributed by atoms with Crippen molar-refractivity contribution >= 4 is 27.9 Å². The number of hydrogen-bond acceptors (Lipinski definition) is 7. The van der Waals surface area contributed by atoms with E-state index in [1.165, 1.54) is 4.88 Å². The Balaban J connectivity index is 1.38. The van der Waals surface area contributed by atoms with Crippen molar-refractivity contribution in [3.05, 3.63) is 53.0 Å². The lowest BCUT2D eigenvalue weighted by Gasteiger charge is -2.35. The van der Waals surface area contributed by atoms with E-state index in [4.69, 9.17) is 10.1 Å². The lowest BCUT2D eigenvalue weighted by molar-refractivity contribution is 0.640. The van der Waals surface area contributed by atoms with E-state index >= 15 is 0 Å². The fraction of sp³-hybridized carbons (Fsp3) is 0.300. The van der Waals surface area contributed by atoms with Gasteiger partial charge in [0.15, 0.2) is 16.6 Å². The summed E-state index contributed by atoms with van der Waals surface area (Å²) in [6.07, 6.45) is 0. The molecule has 1 aliphatic heterocycles. The molecule has 0 aliphatic carbocycles. The minimum absolute atomic E-state index is 0.759. The highest BCUT2D eigenvalue weighted by Crippen LogP contribution is 2.27. The van der Waals surface area contributed by atoms with Crippen LogP contribution in [0.25, 0.3) is 17.0 Å². The summed E-state index contributed by atoms with van der Waals surface area (Å²) in [4.78, 5) is 10.7. The van der Waals surface area contributed by atoms with Crippen LogP contribution in [0.4, 0.5) is 10.9 Å². The van der Waals surface area contributed by atoms with Gasteiger partial charge in [0, 0.05) is 36.6 Å². The molecule has 1 fully saturated rings. The van der Waals surface area contributed by atoms with E-state index in [1.54, 1.807) is 11.3 Å². The second-order valence-corrected chi connectivity index (χ2v) is 8.14. The van der Waals surface area contributed by atoms with Crippen LogP contribution in [0.5, 0.6) is 0 Å². The van der Waals surface area contributed by atoms with Gasteiger partial charge in [-0.15, -0.1) is 26.6 Å². The molecule has 0 radical (unpaired) electrons. The molecule has 1 aromatic carbocycles. The second kappa shape index (κ2) is 6.87. The number of fused-ring (bicyclic) bond motifs is 1. The molecule has 28 heavy (non-hydrogen) atoms. The van der Waals surface area contributed by atoms with Crippen LogP contribution in [-0.4, -0.2) is 51.0 Å². The molecule has 0 amide bonds. The predicted molar refractivity (Wildman–Crippen MR) is 112 cm³/mol. The van der Waals surface area contributed by atoms with Crippen molar-refractivity contribution in [1.82, 2.24) is 24.8 Å². The number of rotatable bonds is 3. The Morgan fingerprint density at radius 2 is 1.61 bits per heavy atom. The maximum atomic E-state index is 4.84. The number of nitrogens with zero attached hydrogens (tertiary/aromatic N) is 7. The first kappa shape index (κ1) is 17.1. The summed E-state index contributed by atoms with van der Waals surface area (Å²) in [6.45, 7) is 7.93. The van der Waals surface area contributed by atoms with Crippen molar-refractivity contribution in [2.24, 2.45) is 0 Å². The van der Waals surface area contributed by atoms with Gasteiger partial charge in [-0.1, -0.05) is 30.3 Å². The van der Waals surface area contributed by atoms with Crippen LogP contribution in [0.2, 0.25) is 0 Å². The third-order valence-corrected chi connectivity index (χ3v) is 6.31. The van der Waals surface area contributed by atoms with Crippen molar-refractivity contribution in [1.29, 1.82) is 0 Å². The minimum Gasteiger partial charge on any atom is -0.352 e. The lowest BCUT2D eigenvalue weighted by atomic mass is 10.2. The Morgan fingerprint density at radius 1 is 0.857 bits per heavy atom. The first-order valence-electron chi connectivity index (χ1n) is 9.41. The molecule has 0 saturated carbocycles. The van der Waals surface area contributed by atoms with Gasteiger partial charge in [0.05, 0.1) is 5.69 Å². The number of benzene rings is 1. The van der Waals surface area contributed by atoms with E-state index in [2.05, 4.69) is 33.8 Å². The van der Waals surface area contributed by atoms with Crippen LogP contribution in [0, 0.1) is 13.8 Å². The molecule has 0 atom stereocenters. The van der Waals surface area contributed by atoms with Gasteiger partial charge in [-0.25, -0.2) is 4.98 Å². The molecule has 0 N–H and O–H groups in total. The van der Waals surface area contributed by atoms with Gasteiger partial charge in [-0.2, -0.15) is 4.52 Å².